The fourth-order valence-corrected chi connectivity index (χ4v) is 2.51. The number of hydrogen-bond donors (Lipinski definition) is 1. The maximum absolute atomic E-state index is 13.3. The summed E-state index contributed by atoms with van der Waals surface area (Å²) in [6.07, 6.45) is 0. The summed E-state index contributed by atoms with van der Waals surface area (Å²) in [5.74, 6) is -0.622. The Bertz CT molecular complexity index is 604. The molecule has 0 aliphatic rings. The van der Waals surface area contributed by atoms with Gasteiger partial charge in [0.25, 0.3) is 0 Å². The Balaban J connectivity index is 2.33. The first kappa shape index (κ1) is 14.9. The van der Waals surface area contributed by atoms with E-state index in [2.05, 4.69) is 15.9 Å². The summed E-state index contributed by atoms with van der Waals surface area (Å²) in [6.45, 7) is 0.338. The van der Waals surface area contributed by atoms with Crippen LogP contribution in [0.1, 0.15) is 11.6 Å². The minimum atomic E-state index is -0.321. The van der Waals surface area contributed by atoms with Gasteiger partial charge < -0.3 is 10.6 Å². The molecule has 0 saturated carbocycles. The van der Waals surface area contributed by atoms with Crippen molar-refractivity contribution in [2.45, 2.75) is 6.04 Å². The lowest BCUT2D eigenvalue weighted by Crippen LogP contribution is -2.30. The zero-order chi connectivity index (χ0) is 14.7. The molecule has 0 radical (unpaired) electrons. The predicted octanol–water partition coefficient (Wildman–Crippen LogP) is 3.86. The SMILES string of the molecule is CN(c1cccc(F)c1)C(CN)c1ccc(F)c(Br)c1. The van der Waals surface area contributed by atoms with Crippen LogP contribution in [-0.2, 0) is 0 Å². The lowest BCUT2D eigenvalue weighted by Gasteiger charge is -2.29. The van der Waals surface area contributed by atoms with Crippen molar-refractivity contribution >= 4 is 21.6 Å². The fraction of sp³-hybridized carbons (Fsp3) is 0.200. The first-order chi connectivity index (χ1) is 9.52. The smallest absolute Gasteiger partial charge is 0.137 e. The van der Waals surface area contributed by atoms with E-state index in [1.807, 2.05) is 18.0 Å². The second-order valence-electron chi connectivity index (χ2n) is 4.52. The summed E-state index contributed by atoms with van der Waals surface area (Å²) < 4.78 is 27.0. The summed E-state index contributed by atoms with van der Waals surface area (Å²) in [4.78, 5) is 1.88. The van der Waals surface area contributed by atoms with Gasteiger partial charge in [-0.3, -0.25) is 0 Å². The van der Waals surface area contributed by atoms with Crippen molar-refractivity contribution in [3.63, 3.8) is 0 Å². The Labute approximate surface area is 125 Å². The third-order valence-corrected chi connectivity index (χ3v) is 3.84. The Morgan fingerprint density at radius 2 is 1.95 bits per heavy atom. The molecule has 5 heteroatoms. The lowest BCUT2D eigenvalue weighted by atomic mass is 10.0. The van der Waals surface area contributed by atoms with Crippen molar-refractivity contribution in [2.75, 3.05) is 18.5 Å². The van der Waals surface area contributed by atoms with Crippen LogP contribution in [0.2, 0.25) is 0 Å². The molecule has 1 atom stereocenters. The number of anilines is 1. The van der Waals surface area contributed by atoms with Gasteiger partial charge in [-0.15, -0.1) is 0 Å². The highest BCUT2D eigenvalue weighted by Gasteiger charge is 2.17. The molecule has 0 fully saturated rings. The van der Waals surface area contributed by atoms with Crippen molar-refractivity contribution in [3.05, 3.63) is 64.1 Å². The van der Waals surface area contributed by atoms with Gasteiger partial charge in [-0.2, -0.15) is 0 Å². The zero-order valence-electron chi connectivity index (χ0n) is 11.0. The van der Waals surface area contributed by atoms with Crippen molar-refractivity contribution in [3.8, 4) is 0 Å². The Kier molecular flexibility index (Phi) is 4.73. The molecule has 2 N–H and O–H groups in total. The van der Waals surface area contributed by atoms with Gasteiger partial charge in [-0.25, -0.2) is 8.78 Å². The van der Waals surface area contributed by atoms with Crippen LogP contribution in [0.4, 0.5) is 14.5 Å². The molecule has 2 rings (SSSR count). The van der Waals surface area contributed by atoms with E-state index in [9.17, 15) is 8.78 Å². The monoisotopic (exact) mass is 340 g/mol. The van der Waals surface area contributed by atoms with Crippen molar-refractivity contribution in [2.24, 2.45) is 5.73 Å². The molecule has 20 heavy (non-hydrogen) atoms. The lowest BCUT2D eigenvalue weighted by molar-refractivity contribution is 0.614. The second-order valence-corrected chi connectivity index (χ2v) is 5.37. The van der Waals surface area contributed by atoms with Gasteiger partial charge in [0.2, 0.25) is 0 Å². The van der Waals surface area contributed by atoms with Crippen LogP contribution in [0.5, 0.6) is 0 Å². The summed E-state index contributed by atoms with van der Waals surface area (Å²) in [5.41, 5.74) is 7.42. The first-order valence-corrected chi connectivity index (χ1v) is 6.95. The molecule has 0 aliphatic carbocycles. The Morgan fingerprint density at radius 1 is 1.20 bits per heavy atom. The van der Waals surface area contributed by atoms with Crippen LogP contribution in [0.3, 0.4) is 0 Å². The van der Waals surface area contributed by atoms with Gasteiger partial charge in [0.15, 0.2) is 0 Å². The molecule has 0 bridgehead atoms. The average molecular weight is 341 g/mol. The maximum atomic E-state index is 13.3. The van der Waals surface area contributed by atoms with Gasteiger partial charge >= 0.3 is 0 Å². The summed E-state index contributed by atoms with van der Waals surface area (Å²) in [5, 5.41) is 0. The number of halogens is 3. The van der Waals surface area contributed by atoms with Crippen LogP contribution >= 0.6 is 15.9 Å². The molecule has 1 unspecified atom stereocenters. The van der Waals surface area contributed by atoms with Crippen molar-refractivity contribution < 1.29 is 8.78 Å². The highest BCUT2D eigenvalue weighted by atomic mass is 79.9. The minimum Gasteiger partial charge on any atom is -0.366 e. The normalized spacial score (nSPS) is 12.2. The van der Waals surface area contributed by atoms with Crippen LogP contribution < -0.4 is 10.6 Å². The zero-order valence-corrected chi connectivity index (χ0v) is 12.6. The summed E-state index contributed by atoms with van der Waals surface area (Å²) in [6, 6.07) is 10.9. The number of hydrogen-bond acceptors (Lipinski definition) is 2. The highest BCUT2D eigenvalue weighted by Crippen LogP contribution is 2.28. The van der Waals surface area contributed by atoms with E-state index >= 15 is 0 Å². The molecule has 0 aliphatic heterocycles. The topological polar surface area (TPSA) is 29.3 Å². The number of nitrogens with zero attached hydrogens (tertiary/aromatic N) is 1. The number of nitrogens with two attached hydrogens (primary N) is 1. The molecule has 0 spiro atoms. The van der Waals surface area contributed by atoms with Crippen LogP contribution in [0.15, 0.2) is 46.9 Å². The average Bonchev–Trinajstić information content (AvgIpc) is 2.43. The van der Waals surface area contributed by atoms with Gasteiger partial charge in [0.1, 0.15) is 11.6 Å². The number of rotatable bonds is 4. The van der Waals surface area contributed by atoms with Crippen molar-refractivity contribution in [1.82, 2.24) is 0 Å². The van der Waals surface area contributed by atoms with Crippen LogP contribution in [0, 0.1) is 11.6 Å². The molecule has 2 nitrogen and oxygen atoms in total. The van der Waals surface area contributed by atoms with Crippen LogP contribution in [-0.4, -0.2) is 13.6 Å². The van der Waals surface area contributed by atoms with Gasteiger partial charge in [-0.05, 0) is 51.8 Å². The predicted molar refractivity (Wildman–Crippen MR) is 80.7 cm³/mol. The standard InChI is InChI=1S/C15H15BrF2N2/c1-20(12-4-2-3-11(17)8-12)15(9-19)10-5-6-14(18)13(16)7-10/h2-8,15H,9,19H2,1H3. The molecular weight excluding hydrogens is 326 g/mol. The third kappa shape index (κ3) is 3.16. The summed E-state index contributed by atoms with van der Waals surface area (Å²) in [7, 11) is 1.84. The molecule has 0 aromatic heterocycles. The van der Waals surface area contributed by atoms with Crippen molar-refractivity contribution in [1.29, 1.82) is 0 Å². The Hall–Kier alpha value is -1.46. The van der Waals surface area contributed by atoms with E-state index in [1.54, 1.807) is 18.2 Å². The summed E-state index contributed by atoms with van der Waals surface area (Å²) >= 11 is 3.17. The number of likely N-dealkylation sites (N-methyl/N-ethyl adjacent to an activating group) is 1. The minimum absolute atomic E-state index is 0.159. The highest BCUT2D eigenvalue weighted by molar-refractivity contribution is 9.10. The number of benzene rings is 2. The van der Waals surface area contributed by atoms with Crippen LogP contribution in [0.25, 0.3) is 0 Å². The van der Waals surface area contributed by atoms with Gasteiger partial charge in [-0.1, -0.05) is 12.1 Å². The largest absolute Gasteiger partial charge is 0.366 e. The van der Waals surface area contributed by atoms with E-state index in [4.69, 9.17) is 5.73 Å². The van der Waals surface area contributed by atoms with E-state index in [1.165, 1.54) is 18.2 Å². The van der Waals surface area contributed by atoms with Gasteiger partial charge in [0, 0.05) is 19.3 Å². The molecule has 0 heterocycles. The molecule has 0 saturated heterocycles. The fourth-order valence-electron chi connectivity index (χ4n) is 2.11. The maximum Gasteiger partial charge on any atom is 0.137 e. The van der Waals surface area contributed by atoms with E-state index < -0.39 is 0 Å². The van der Waals surface area contributed by atoms with E-state index in [0.29, 0.717) is 11.0 Å². The molecular formula is C15H15BrF2N2. The third-order valence-electron chi connectivity index (χ3n) is 3.23. The first-order valence-electron chi connectivity index (χ1n) is 6.16. The molecule has 2 aromatic rings. The molecule has 106 valence electrons. The second kappa shape index (κ2) is 6.33. The quantitative estimate of drug-likeness (QED) is 0.915. The van der Waals surface area contributed by atoms with E-state index in [-0.39, 0.29) is 17.7 Å². The van der Waals surface area contributed by atoms with Gasteiger partial charge in [0.05, 0.1) is 10.5 Å². The molecule has 0 amide bonds. The molecule has 2 aromatic carbocycles. The van der Waals surface area contributed by atoms with E-state index in [0.717, 1.165) is 11.3 Å². The Morgan fingerprint density at radius 3 is 2.55 bits per heavy atom.